The molecule has 0 saturated carbocycles. The molecular formula is C20H22N2O5. The monoisotopic (exact) mass is 370 g/mol. The number of fused-ring (bicyclic) bond motifs is 1. The molecule has 7 nitrogen and oxygen atoms in total. The molecule has 2 aromatic carbocycles. The highest BCUT2D eigenvalue weighted by Crippen LogP contribution is 2.35. The van der Waals surface area contributed by atoms with Gasteiger partial charge in [-0.05, 0) is 39.0 Å². The summed E-state index contributed by atoms with van der Waals surface area (Å²) in [5, 5.41) is 13.9. The Morgan fingerprint density at radius 2 is 2.15 bits per heavy atom. The summed E-state index contributed by atoms with van der Waals surface area (Å²) in [7, 11) is 0. The minimum atomic E-state index is -0.488. The summed E-state index contributed by atoms with van der Waals surface area (Å²) in [6.45, 7) is 6.30. The zero-order valence-corrected chi connectivity index (χ0v) is 15.6. The number of carbonyl (C=O) groups excluding carboxylic acids is 1. The summed E-state index contributed by atoms with van der Waals surface area (Å²) < 4.78 is 11.5. The van der Waals surface area contributed by atoms with Crippen LogP contribution in [0.4, 0.5) is 5.69 Å². The average Bonchev–Trinajstić information content (AvgIpc) is 2.98. The van der Waals surface area contributed by atoms with Gasteiger partial charge in [0.25, 0.3) is 11.6 Å². The van der Waals surface area contributed by atoms with Crippen molar-refractivity contribution in [1.82, 2.24) is 5.32 Å². The van der Waals surface area contributed by atoms with Crippen LogP contribution in [-0.4, -0.2) is 23.5 Å². The zero-order chi connectivity index (χ0) is 19.6. The number of nitrogens with one attached hydrogen (secondary N) is 1. The Morgan fingerprint density at radius 3 is 2.85 bits per heavy atom. The van der Waals surface area contributed by atoms with Crippen LogP contribution >= 0.6 is 0 Å². The molecule has 1 heterocycles. The number of nitro benzene ring substituents is 1. The second-order valence-corrected chi connectivity index (χ2v) is 6.57. The predicted octanol–water partition coefficient (Wildman–Crippen LogP) is 3.56. The Balaban J connectivity index is 1.78. The summed E-state index contributed by atoms with van der Waals surface area (Å²) in [4.78, 5) is 23.0. The van der Waals surface area contributed by atoms with Gasteiger partial charge in [-0.1, -0.05) is 6.07 Å². The number of hydrogen-bond acceptors (Lipinski definition) is 5. The Labute approximate surface area is 157 Å². The Morgan fingerprint density at radius 1 is 1.37 bits per heavy atom. The highest BCUT2D eigenvalue weighted by molar-refractivity contribution is 5.95. The lowest BCUT2D eigenvalue weighted by Crippen LogP contribution is -2.23. The van der Waals surface area contributed by atoms with E-state index in [1.165, 1.54) is 6.07 Å². The fourth-order valence-electron chi connectivity index (χ4n) is 3.13. The Kier molecular flexibility index (Phi) is 5.30. The molecule has 3 rings (SSSR count). The molecule has 1 aliphatic rings. The van der Waals surface area contributed by atoms with Crippen molar-refractivity contribution in [3.05, 3.63) is 62.7 Å². The van der Waals surface area contributed by atoms with E-state index in [-0.39, 0.29) is 29.8 Å². The summed E-state index contributed by atoms with van der Waals surface area (Å²) in [6, 6.07) is 8.29. The third kappa shape index (κ3) is 4.02. The van der Waals surface area contributed by atoms with Crippen molar-refractivity contribution >= 4 is 11.6 Å². The first-order valence-electron chi connectivity index (χ1n) is 8.87. The molecule has 0 unspecified atom stereocenters. The van der Waals surface area contributed by atoms with Crippen LogP contribution in [0.15, 0.2) is 30.3 Å². The van der Waals surface area contributed by atoms with Gasteiger partial charge in [0.1, 0.15) is 17.6 Å². The number of nitro groups is 1. The van der Waals surface area contributed by atoms with E-state index in [0.29, 0.717) is 17.9 Å². The van der Waals surface area contributed by atoms with Crippen molar-refractivity contribution in [2.45, 2.75) is 39.8 Å². The van der Waals surface area contributed by atoms with Crippen LogP contribution in [0.5, 0.6) is 11.5 Å². The topological polar surface area (TPSA) is 90.7 Å². The number of amides is 1. The van der Waals surface area contributed by atoms with Crippen LogP contribution in [0.1, 0.15) is 40.9 Å². The maximum atomic E-state index is 12.5. The number of nitrogens with zero attached hydrogens (tertiary/aromatic N) is 1. The molecule has 0 aliphatic carbocycles. The van der Waals surface area contributed by atoms with Gasteiger partial charge in [-0.25, -0.2) is 0 Å². The van der Waals surface area contributed by atoms with Crippen molar-refractivity contribution in [3.8, 4) is 11.5 Å². The van der Waals surface area contributed by atoms with Gasteiger partial charge in [-0.3, -0.25) is 14.9 Å². The number of hydrogen-bond donors (Lipinski definition) is 1. The lowest BCUT2D eigenvalue weighted by atomic mass is 10.1. The minimum Gasteiger partial charge on any atom is -0.494 e. The number of ether oxygens (including phenoxy) is 2. The first-order valence-corrected chi connectivity index (χ1v) is 8.87. The third-order valence-corrected chi connectivity index (χ3v) is 4.49. The standard InChI is InChI=1S/C20H22N2O5/c1-4-26-18-9-15-7-13(3)27-19(15)10-16(18)11-21-20(23)14-6-5-12(2)17(8-14)22(24)25/h5-6,8-10,13H,4,7,11H2,1-3H3,(H,21,23)/t13-/m1/s1. The van der Waals surface area contributed by atoms with Crippen LogP contribution in [0, 0.1) is 17.0 Å². The molecule has 1 amide bonds. The molecule has 1 atom stereocenters. The molecule has 7 heteroatoms. The van der Waals surface area contributed by atoms with Crippen molar-refractivity contribution in [2.24, 2.45) is 0 Å². The van der Waals surface area contributed by atoms with Crippen LogP contribution in [-0.2, 0) is 13.0 Å². The van der Waals surface area contributed by atoms with Crippen molar-refractivity contribution in [3.63, 3.8) is 0 Å². The van der Waals surface area contributed by atoms with E-state index in [9.17, 15) is 14.9 Å². The van der Waals surface area contributed by atoms with Gasteiger partial charge >= 0.3 is 0 Å². The molecule has 0 spiro atoms. The fourth-order valence-corrected chi connectivity index (χ4v) is 3.13. The quantitative estimate of drug-likeness (QED) is 0.620. The zero-order valence-electron chi connectivity index (χ0n) is 15.6. The van der Waals surface area contributed by atoms with Gasteiger partial charge in [0, 0.05) is 41.3 Å². The SMILES string of the molecule is CCOc1cc2c(cc1CNC(=O)c1ccc(C)c([N+](=O)[O-])c1)O[C@H](C)C2. The van der Waals surface area contributed by atoms with E-state index in [4.69, 9.17) is 9.47 Å². The minimum absolute atomic E-state index is 0.0717. The maximum Gasteiger partial charge on any atom is 0.273 e. The van der Waals surface area contributed by atoms with E-state index in [1.54, 1.807) is 19.1 Å². The van der Waals surface area contributed by atoms with Crippen LogP contribution < -0.4 is 14.8 Å². The smallest absolute Gasteiger partial charge is 0.273 e. The molecule has 2 aromatic rings. The van der Waals surface area contributed by atoms with E-state index in [1.807, 2.05) is 26.0 Å². The average molecular weight is 370 g/mol. The van der Waals surface area contributed by atoms with Gasteiger partial charge in [0.2, 0.25) is 0 Å². The highest BCUT2D eigenvalue weighted by Gasteiger charge is 2.22. The normalized spacial score (nSPS) is 15.0. The van der Waals surface area contributed by atoms with Gasteiger partial charge in [-0.2, -0.15) is 0 Å². The molecular weight excluding hydrogens is 348 g/mol. The number of carbonyl (C=O) groups is 1. The molecule has 27 heavy (non-hydrogen) atoms. The second-order valence-electron chi connectivity index (χ2n) is 6.57. The summed E-state index contributed by atoms with van der Waals surface area (Å²) in [5.74, 6) is 1.14. The van der Waals surface area contributed by atoms with Gasteiger partial charge < -0.3 is 14.8 Å². The number of rotatable bonds is 6. The van der Waals surface area contributed by atoms with Gasteiger partial charge in [0.05, 0.1) is 11.5 Å². The van der Waals surface area contributed by atoms with E-state index < -0.39 is 4.92 Å². The molecule has 0 fully saturated rings. The molecule has 1 aliphatic heterocycles. The summed E-state index contributed by atoms with van der Waals surface area (Å²) in [6.07, 6.45) is 0.946. The molecule has 1 N–H and O–H groups in total. The third-order valence-electron chi connectivity index (χ3n) is 4.49. The Bertz CT molecular complexity index is 894. The number of aryl methyl sites for hydroxylation is 1. The first kappa shape index (κ1) is 18.7. The van der Waals surface area contributed by atoms with Gasteiger partial charge in [-0.15, -0.1) is 0 Å². The number of benzene rings is 2. The molecule has 0 aromatic heterocycles. The highest BCUT2D eigenvalue weighted by atomic mass is 16.6. The predicted molar refractivity (Wildman–Crippen MR) is 100 cm³/mol. The van der Waals surface area contributed by atoms with E-state index >= 15 is 0 Å². The second kappa shape index (κ2) is 7.65. The summed E-state index contributed by atoms with van der Waals surface area (Å²) in [5.41, 5.74) is 2.59. The maximum absolute atomic E-state index is 12.5. The van der Waals surface area contributed by atoms with E-state index in [2.05, 4.69) is 5.32 Å². The first-order chi connectivity index (χ1) is 12.9. The van der Waals surface area contributed by atoms with Gasteiger partial charge in [0.15, 0.2) is 0 Å². The van der Waals surface area contributed by atoms with Crippen molar-refractivity contribution in [2.75, 3.05) is 6.61 Å². The van der Waals surface area contributed by atoms with Crippen LogP contribution in [0.2, 0.25) is 0 Å². The van der Waals surface area contributed by atoms with E-state index in [0.717, 1.165) is 23.3 Å². The lowest BCUT2D eigenvalue weighted by molar-refractivity contribution is -0.385. The Hall–Kier alpha value is -3.09. The molecule has 0 saturated heterocycles. The molecule has 0 radical (unpaired) electrons. The summed E-state index contributed by atoms with van der Waals surface area (Å²) >= 11 is 0. The van der Waals surface area contributed by atoms with Crippen LogP contribution in [0.25, 0.3) is 0 Å². The van der Waals surface area contributed by atoms with Crippen molar-refractivity contribution in [1.29, 1.82) is 0 Å². The lowest BCUT2D eigenvalue weighted by Gasteiger charge is -2.13. The molecule has 142 valence electrons. The molecule has 0 bridgehead atoms. The van der Waals surface area contributed by atoms with Crippen LogP contribution in [0.3, 0.4) is 0 Å². The largest absolute Gasteiger partial charge is 0.494 e. The van der Waals surface area contributed by atoms with Crippen molar-refractivity contribution < 1.29 is 19.2 Å². The fraction of sp³-hybridized carbons (Fsp3) is 0.350.